The second-order valence-electron chi connectivity index (χ2n) is 2.85. The Hall–Kier alpha value is -1.22. The van der Waals surface area contributed by atoms with E-state index in [9.17, 15) is 9.59 Å². The molecule has 0 aliphatic heterocycles. The van der Waals surface area contributed by atoms with Gasteiger partial charge in [0.2, 0.25) is 0 Å². The summed E-state index contributed by atoms with van der Waals surface area (Å²) in [6.45, 7) is 0.392. The van der Waals surface area contributed by atoms with Gasteiger partial charge in [-0.25, -0.2) is 11.7 Å². The second-order valence-corrected chi connectivity index (χ2v) is 3.63. The van der Waals surface area contributed by atoms with Crippen LogP contribution in [0.5, 0.6) is 0 Å². The first kappa shape index (κ1) is 15.8. The summed E-state index contributed by atoms with van der Waals surface area (Å²) in [5, 5.41) is 0.0992. The number of carbonyl (C=O) groups is 2. The van der Waals surface area contributed by atoms with E-state index in [1.54, 1.807) is 5.43 Å². The maximum absolute atomic E-state index is 10.6. The van der Waals surface area contributed by atoms with Gasteiger partial charge < -0.3 is 0 Å². The van der Waals surface area contributed by atoms with Crippen LogP contribution in [-0.4, -0.2) is 15.5 Å². The summed E-state index contributed by atoms with van der Waals surface area (Å²) in [5.74, 6) is 9.85. The van der Waals surface area contributed by atoms with Crippen molar-refractivity contribution in [1.29, 1.82) is 0 Å². The summed E-state index contributed by atoms with van der Waals surface area (Å²) in [4.78, 5) is 20.1. The fraction of sp³-hybridized carbons (Fsp3) is 0.111. The van der Waals surface area contributed by atoms with Crippen molar-refractivity contribution >= 4 is 35.7 Å². The van der Waals surface area contributed by atoms with Crippen LogP contribution >= 0.6 is 25.3 Å². The smallest absolute Gasteiger partial charge is 0.285 e. The number of nitrogens with one attached hydrogen (secondary N) is 1. The number of benzene rings is 1. The molecule has 0 unspecified atom stereocenters. The first-order valence-electron chi connectivity index (χ1n) is 4.46. The second kappa shape index (κ2) is 8.88. The summed E-state index contributed by atoms with van der Waals surface area (Å²) in [6.07, 6.45) is 0. The van der Waals surface area contributed by atoms with Crippen LogP contribution in [0.15, 0.2) is 30.3 Å². The van der Waals surface area contributed by atoms with Gasteiger partial charge in [0, 0.05) is 0 Å². The number of carbonyl (C=O) groups excluding carboxylic acids is 2. The number of nitrogens with zero attached hydrogens (tertiary/aromatic N) is 1. The largest absolute Gasteiger partial charge is 0.292 e. The number of amides is 2. The highest BCUT2D eigenvalue weighted by Gasteiger charge is 2.03. The quantitative estimate of drug-likeness (QED) is 0.239. The Labute approximate surface area is 110 Å². The van der Waals surface area contributed by atoms with E-state index < -0.39 is 10.5 Å². The lowest BCUT2D eigenvalue weighted by Crippen LogP contribution is -2.32. The van der Waals surface area contributed by atoms with Gasteiger partial charge in [-0.15, -0.1) is 0 Å². The monoisotopic (exact) mass is 274 g/mol. The lowest BCUT2D eigenvalue weighted by molar-refractivity contribution is 0.222. The first-order chi connectivity index (χ1) is 7.97. The van der Waals surface area contributed by atoms with Crippen LogP contribution in [0.25, 0.3) is 0 Å². The van der Waals surface area contributed by atoms with Gasteiger partial charge in [0.1, 0.15) is 0 Å². The molecule has 1 rings (SSSR count). The van der Waals surface area contributed by atoms with Crippen LogP contribution in [-0.2, 0) is 6.54 Å². The standard InChI is InChI=1S/C8H10N2OS.CH4N2OS/c9-10(8(11)12)6-7-4-2-1-3-5-7;2-3-1(4)5/h1-5H,6,9H2,(H,11,12);2H2,(H2,3,4,5). The van der Waals surface area contributed by atoms with Gasteiger partial charge in [0.05, 0.1) is 6.54 Å². The fourth-order valence-electron chi connectivity index (χ4n) is 0.848. The molecule has 0 radical (unpaired) electrons. The van der Waals surface area contributed by atoms with Gasteiger partial charge in [-0.05, 0) is 5.56 Å². The van der Waals surface area contributed by atoms with Crippen molar-refractivity contribution in [3.05, 3.63) is 35.9 Å². The van der Waals surface area contributed by atoms with E-state index in [2.05, 4.69) is 31.1 Å². The average molecular weight is 274 g/mol. The fourth-order valence-corrected chi connectivity index (χ4v) is 0.918. The molecule has 1 aromatic carbocycles. The Balaban J connectivity index is 0.000000437. The maximum atomic E-state index is 10.6. The Kier molecular flexibility index (Phi) is 8.24. The molecule has 8 heteroatoms. The van der Waals surface area contributed by atoms with Crippen LogP contribution in [0.1, 0.15) is 5.56 Å². The molecule has 2 amide bonds. The number of rotatable bonds is 2. The van der Waals surface area contributed by atoms with Crippen LogP contribution in [0, 0.1) is 0 Å². The molecule has 0 aromatic heterocycles. The van der Waals surface area contributed by atoms with Crippen molar-refractivity contribution in [1.82, 2.24) is 10.4 Å². The number of hydrogen-bond donors (Lipinski definition) is 5. The van der Waals surface area contributed by atoms with Crippen LogP contribution in [0.3, 0.4) is 0 Å². The van der Waals surface area contributed by atoms with Gasteiger partial charge in [-0.1, -0.05) is 55.6 Å². The van der Waals surface area contributed by atoms with E-state index in [0.717, 1.165) is 10.6 Å². The molecular formula is C9H14N4O2S2. The lowest BCUT2D eigenvalue weighted by atomic mass is 10.2. The summed E-state index contributed by atoms with van der Waals surface area (Å²) in [5.41, 5.74) is 2.74. The zero-order valence-corrected chi connectivity index (χ0v) is 10.7. The molecule has 0 aliphatic carbocycles. The van der Waals surface area contributed by atoms with Crippen molar-refractivity contribution in [2.24, 2.45) is 11.7 Å². The maximum Gasteiger partial charge on any atom is 0.292 e. The zero-order valence-electron chi connectivity index (χ0n) is 8.91. The van der Waals surface area contributed by atoms with Crippen molar-refractivity contribution in [3.8, 4) is 0 Å². The highest BCUT2D eigenvalue weighted by atomic mass is 32.1. The summed E-state index contributed by atoms with van der Waals surface area (Å²) in [7, 11) is 0. The van der Waals surface area contributed by atoms with Gasteiger partial charge in [0.25, 0.3) is 10.5 Å². The van der Waals surface area contributed by atoms with E-state index in [1.807, 2.05) is 30.3 Å². The summed E-state index contributed by atoms with van der Waals surface area (Å²) in [6, 6.07) is 9.50. The molecule has 0 spiro atoms. The van der Waals surface area contributed by atoms with Crippen LogP contribution in [0.4, 0.5) is 9.59 Å². The van der Waals surface area contributed by atoms with Gasteiger partial charge >= 0.3 is 0 Å². The molecular weight excluding hydrogens is 260 g/mol. The Morgan fingerprint density at radius 3 is 2.06 bits per heavy atom. The third-order valence-electron chi connectivity index (χ3n) is 1.56. The normalized spacial score (nSPS) is 8.71. The molecule has 0 heterocycles. The molecule has 6 nitrogen and oxygen atoms in total. The molecule has 1 aromatic rings. The SMILES string of the molecule is NN(Cc1ccccc1)C(=O)S.NNC(=O)S. The van der Waals surface area contributed by atoms with E-state index >= 15 is 0 Å². The van der Waals surface area contributed by atoms with Crippen molar-refractivity contribution in [3.63, 3.8) is 0 Å². The van der Waals surface area contributed by atoms with Gasteiger partial charge in [0.15, 0.2) is 0 Å². The Bertz CT molecular complexity index is 361. The average Bonchev–Trinajstić information content (AvgIpc) is 2.31. The molecule has 17 heavy (non-hydrogen) atoms. The van der Waals surface area contributed by atoms with Crippen molar-refractivity contribution < 1.29 is 9.59 Å². The first-order valence-corrected chi connectivity index (χ1v) is 5.35. The van der Waals surface area contributed by atoms with Gasteiger partial charge in [-0.2, -0.15) is 0 Å². The number of hydrazine groups is 2. The summed E-state index contributed by atoms with van der Waals surface area (Å²) >= 11 is 6.81. The predicted molar refractivity (Wildman–Crippen MR) is 72.3 cm³/mol. The molecule has 0 saturated heterocycles. The third kappa shape index (κ3) is 8.57. The Morgan fingerprint density at radius 2 is 1.71 bits per heavy atom. The molecule has 0 bridgehead atoms. The van der Waals surface area contributed by atoms with Crippen LogP contribution in [0.2, 0.25) is 0 Å². The molecule has 0 saturated carbocycles. The minimum Gasteiger partial charge on any atom is -0.285 e. The topological polar surface area (TPSA) is 101 Å². The predicted octanol–water partition coefficient (Wildman–Crippen LogP) is 0.912. The highest BCUT2D eigenvalue weighted by Crippen LogP contribution is 2.02. The summed E-state index contributed by atoms with van der Waals surface area (Å²) < 4.78 is 0. The minimum atomic E-state index is -0.523. The molecule has 94 valence electrons. The molecule has 0 fully saturated rings. The van der Waals surface area contributed by atoms with Gasteiger partial charge in [-0.3, -0.25) is 20.0 Å². The molecule has 5 N–H and O–H groups in total. The van der Waals surface area contributed by atoms with E-state index in [4.69, 9.17) is 5.84 Å². The van der Waals surface area contributed by atoms with E-state index in [0.29, 0.717) is 6.54 Å². The zero-order chi connectivity index (χ0) is 13.3. The minimum absolute atomic E-state index is 0.392. The third-order valence-corrected chi connectivity index (χ3v) is 1.95. The number of thiol groups is 2. The van der Waals surface area contributed by atoms with Crippen LogP contribution < -0.4 is 17.1 Å². The highest BCUT2D eigenvalue weighted by molar-refractivity contribution is 7.96. The lowest BCUT2D eigenvalue weighted by Gasteiger charge is -2.12. The number of hydrogen-bond acceptors (Lipinski definition) is 4. The van der Waals surface area contributed by atoms with E-state index in [1.165, 1.54) is 0 Å². The van der Waals surface area contributed by atoms with E-state index in [-0.39, 0.29) is 0 Å². The van der Waals surface area contributed by atoms with Crippen molar-refractivity contribution in [2.75, 3.05) is 0 Å². The molecule has 0 atom stereocenters. The molecule has 0 aliphatic rings. The number of nitrogens with two attached hydrogens (primary N) is 2. The van der Waals surface area contributed by atoms with Crippen molar-refractivity contribution in [2.45, 2.75) is 6.54 Å². The Morgan fingerprint density at radius 1 is 1.24 bits per heavy atom.